The molecule has 8 heteroatoms. The predicted octanol–water partition coefficient (Wildman–Crippen LogP) is 1.28. The number of halogens is 1. The molecule has 0 aliphatic rings. The summed E-state index contributed by atoms with van der Waals surface area (Å²) in [6.45, 7) is 3.84. The molecular formula is C12H18BrN3O3S. The number of carbonyl (C=O) groups excluding carboxylic acids is 1. The van der Waals surface area contributed by atoms with Gasteiger partial charge in [-0.25, -0.2) is 8.42 Å². The van der Waals surface area contributed by atoms with Crippen molar-refractivity contribution in [2.75, 3.05) is 7.05 Å². The lowest BCUT2D eigenvalue weighted by molar-refractivity contribution is -0.122. The van der Waals surface area contributed by atoms with Gasteiger partial charge < -0.3 is 5.32 Å². The van der Waals surface area contributed by atoms with Crippen LogP contribution in [-0.2, 0) is 14.8 Å². The van der Waals surface area contributed by atoms with E-state index in [4.69, 9.17) is 0 Å². The summed E-state index contributed by atoms with van der Waals surface area (Å²) in [5, 5.41) is 2.47. The Labute approximate surface area is 127 Å². The maximum atomic E-state index is 12.2. The van der Waals surface area contributed by atoms with Crippen LogP contribution in [0.5, 0.6) is 0 Å². The van der Waals surface area contributed by atoms with E-state index in [1.165, 1.54) is 25.5 Å². The molecule has 20 heavy (non-hydrogen) atoms. The number of hydrogen-bond acceptors (Lipinski definition) is 4. The van der Waals surface area contributed by atoms with Gasteiger partial charge >= 0.3 is 0 Å². The zero-order valence-electron chi connectivity index (χ0n) is 11.6. The van der Waals surface area contributed by atoms with Crippen LogP contribution in [0.3, 0.4) is 0 Å². The summed E-state index contributed by atoms with van der Waals surface area (Å²) in [5.41, 5.74) is 0. The summed E-state index contributed by atoms with van der Waals surface area (Å²) in [7, 11) is -2.31. The van der Waals surface area contributed by atoms with Gasteiger partial charge in [-0.15, -0.1) is 0 Å². The van der Waals surface area contributed by atoms with Crippen molar-refractivity contribution in [2.45, 2.75) is 31.2 Å². The van der Waals surface area contributed by atoms with Gasteiger partial charge in [-0.1, -0.05) is 13.8 Å². The first-order valence-corrected chi connectivity index (χ1v) is 8.38. The molecule has 1 unspecified atom stereocenters. The molecule has 0 aliphatic heterocycles. The Kier molecular flexibility index (Phi) is 6.09. The van der Waals surface area contributed by atoms with Crippen LogP contribution >= 0.6 is 15.9 Å². The number of rotatable bonds is 6. The van der Waals surface area contributed by atoms with E-state index < -0.39 is 16.1 Å². The monoisotopic (exact) mass is 363 g/mol. The highest BCUT2D eigenvalue weighted by molar-refractivity contribution is 9.10. The normalized spacial score (nSPS) is 13.2. The summed E-state index contributed by atoms with van der Waals surface area (Å²) < 4.78 is 27.5. The molecule has 1 aromatic rings. The number of amides is 1. The number of carbonyl (C=O) groups is 1. The van der Waals surface area contributed by atoms with Gasteiger partial charge in [-0.2, -0.15) is 4.72 Å². The SMILES string of the molecule is CNC(=O)C(CC(C)C)NS(=O)(=O)c1cncc(Br)c1. The number of nitrogens with one attached hydrogen (secondary N) is 2. The van der Waals surface area contributed by atoms with Crippen molar-refractivity contribution in [3.05, 3.63) is 22.9 Å². The van der Waals surface area contributed by atoms with Crippen LogP contribution < -0.4 is 10.0 Å². The van der Waals surface area contributed by atoms with E-state index in [1.807, 2.05) is 13.8 Å². The van der Waals surface area contributed by atoms with Gasteiger partial charge in [0.25, 0.3) is 0 Å². The maximum absolute atomic E-state index is 12.2. The predicted molar refractivity (Wildman–Crippen MR) is 79.6 cm³/mol. The van der Waals surface area contributed by atoms with Crippen molar-refractivity contribution < 1.29 is 13.2 Å². The first-order valence-electron chi connectivity index (χ1n) is 6.10. The number of likely N-dealkylation sites (N-methyl/N-ethyl adjacent to an activating group) is 1. The van der Waals surface area contributed by atoms with E-state index >= 15 is 0 Å². The minimum Gasteiger partial charge on any atom is -0.358 e. The molecular weight excluding hydrogens is 346 g/mol. The fraction of sp³-hybridized carbons (Fsp3) is 0.500. The summed E-state index contributed by atoms with van der Waals surface area (Å²) in [5.74, 6) is -0.175. The first kappa shape index (κ1) is 17.1. The second-order valence-electron chi connectivity index (χ2n) is 4.76. The Balaban J connectivity index is 2.99. The van der Waals surface area contributed by atoms with Gasteiger partial charge in [0.1, 0.15) is 10.9 Å². The molecule has 1 rings (SSSR count). The summed E-state index contributed by atoms with van der Waals surface area (Å²) in [6, 6.07) is 0.634. The Hall–Kier alpha value is -0.990. The van der Waals surface area contributed by atoms with E-state index in [-0.39, 0.29) is 16.7 Å². The van der Waals surface area contributed by atoms with Gasteiger partial charge in [0.05, 0.1) is 0 Å². The zero-order chi connectivity index (χ0) is 15.3. The molecule has 0 saturated carbocycles. The summed E-state index contributed by atoms with van der Waals surface area (Å²) in [6.07, 6.45) is 3.15. The van der Waals surface area contributed by atoms with Gasteiger partial charge in [0, 0.05) is 23.9 Å². The first-order chi connectivity index (χ1) is 9.26. The lowest BCUT2D eigenvalue weighted by Gasteiger charge is -2.19. The Morgan fingerprint density at radius 3 is 2.55 bits per heavy atom. The average molecular weight is 364 g/mol. The minimum absolute atomic E-state index is 0.0181. The second-order valence-corrected chi connectivity index (χ2v) is 7.39. The average Bonchev–Trinajstić information content (AvgIpc) is 2.36. The third kappa shape index (κ3) is 4.84. The molecule has 0 radical (unpaired) electrons. The molecule has 112 valence electrons. The van der Waals surface area contributed by atoms with Gasteiger partial charge in [0.2, 0.25) is 15.9 Å². The minimum atomic E-state index is -3.79. The molecule has 1 atom stereocenters. The van der Waals surface area contributed by atoms with E-state index in [1.54, 1.807) is 0 Å². The van der Waals surface area contributed by atoms with Crippen molar-refractivity contribution in [1.29, 1.82) is 0 Å². The van der Waals surface area contributed by atoms with Gasteiger partial charge in [-0.05, 0) is 34.3 Å². The smallest absolute Gasteiger partial charge is 0.242 e. The van der Waals surface area contributed by atoms with Crippen LogP contribution in [-0.4, -0.2) is 32.4 Å². The van der Waals surface area contributed by atoms with E-state index in [0.29, 0.717) is 10.9 Å². The molecule has 0 fully saturated rings. The van der Waals surface area contributed by atoms with Crippen LogP contribution in [0, 0.1) is 5.92 Å². The Morgan fingerprint density at radius 1 is 1.40 bits per heavy atom. The number of sulfonamides is 1. The molecule has 0 bridgehead atoms. The standard InChI is InChI=1S/C12H18BrN3O3S/c1-8(2)4-11(12(17)14-3)16-20(18,19)10-5-9(13)6-15-7-10/h5-8,11,16H,4H2,1-3H3,(H,14,17). The molecule has 6 nitrogen and oxygen atoms in total. The summed E-state index contributed by atoms with van der Waals surface area (Å²) in [4.78, 5) is 15.6. The highest BCUT2D eigenvalue weighted by Crippen LogP contribution is 2.15. The molecule has 0 saturated heterocycles. The van der Waals surface area contributed by atoms with Crippen molar-refractivity contribution in [3.8, 4) is 0 Å². The fourth-order valence-electron chi connectivity index (χ4n) is 1.65. The van der Waals surface area contributed by atoms with Crippen LogP contribution in [0.4, 0.5) is 0 Å². The number of pyridine rings is 1. The summed E-state index contributed by atoms with van der Waals surface area (Å²) >= 11 is 3.17. The molecule has 2 N–H and O–H groups in total. The highest BCUT2D eigenvalue weighted by atomic mass is 79.9. The van der Waals surface area contributed by atoms with Crippen LogP contribution in [0.15, 0.2) is 27.8 Å². The molecule has 1 heterocycles. The lowest BCUT2D eigenvalue weighted by Crippen LogP contribution is -2.46. The third-order valence-electron chi connectivity index (χ3n) is 2.56. The highest BCUT2D eigenvalue weighted by Gasteiger charge is 2.26. The largest absolute Gasteiger partial charge is 0.358 e. The molecule has 1 aromatic heterocycles. The second kappa shape index (κ2) is 7.14. The quantitative estimate of drug-likeness (QED) is 0.796. The van der Waals surface area contributed by atoms with Crippen LogP contribution in [0.25, 0.3) is 0 Å². The van der Waals surface area contributed by atoms with Crippen molar-refractivity contribution in [1.82, 2.24) is 15.0 Å². The number of aromatic nitrogens is 1. The Morgan fingerprint density at radius 2 is 2.05 bits per heavy atom. The fourth-order valence-corrected chi connectivity index (χ4v) is 3.36. The van der Waals surface area contributed by atoms with Crippen molar-refractivity contribution in [2.24, 2.45) is 5.92 Å². The van der Waals surface area contributed by atoms with Crippen LogP contribution in [0.1, 0.15) is 20.3 Å². The molecule has 0 aliphatic carbocycles. The van der Waals surface area contributed by atoms with Crippen molar-refractivity contribution >= 4 is 31.9 Å². The number of nitrogens with zero attached hydrogens (tertiary/aromatic N) is 1. The van der Waals surface area contributed by atoms with E-state index in [2.05, 4.69) is 31.0 Å². The lowest BCUT2D eigenvalue weighted by atomic mass is 10.0. The van der Waals surface area contributed by atoms with E-state index in [9.17, 15) is 13.2 Å². The topological polar surface area (TPSA) is 88.2 Å². The van der Waals surface area contributed by atoms with Crippen molar-refractivity contribution in [3.63, 3.8) is 0 Å². The van der Waals surface area contributed by atoms with Gasteiger partial charge in [0.15, 0.2) is 0 Å². The van der Waals surface area contributed by atoms with Crippen LogP contribution in [0.2, 0.25) is 0 Å². The zero-order valence-corrected chi connectivity index (χ0v) is 14.0. The van der Waals surface area contributed by atoms with E-state index in [0.717, 1.165) is 0 Å². The maximum Gasteiger partial charge on any atom is 0.242 e. The third-order valence-corrected chi connectivity index (χ3v) is 4.43. The Bertz CT molecular complexity index is 575. The van der Waals surface area contributed by atoms with Gasteiger partial charge in [-0.3, -0.25) is 9.78 Å². The molecule has 0 spiro atoms. The number of hydrogen-bond donors (Lipinski definition) is 2. The molecule has 1 amide bonds. The molecule has 0 aromatic carbocycles.